The first-order valence-electron chi connectivity index (χ1n) is 9.73. The van der Waals surface area contributed by atoms with E-state index in [1.165, 1.54) is 18.9 Å². The number of anilines is 1. The average molecular weight is 457 g/mol. The standard InChI is InChI=1S/C23H24N2O4S2/c1-14(2)25-22(27)20(31-23(25)30)12-16-9-10-18(19(11-16)28-4)29-13-21(26)24-17-8-6-5-7-15(17)3/h5-12,14H,13H2,1-4H3,(H,24,26)/b20-12-. The molecular weight excluding hydrogens is 432 g/mol. The summed E-state index contributed by atoms with van der Waals surface area (Å²) in [6.45, 7) is 5.63. The van der Waals surface area contributed by atoms with Crippen molar-refractivity contribution in [1.82, 2.24) is 4.90 Å². The molecule has 0 aliphatic carbocycles. The number of amides is 2. The SMILES string of the molecule is COc1cc(/C=C2\SC(=S)N(C(C)C)C2=O)ccc1OCC(=O)Nc1ccccc1C. The number of nitrogens with zero attached hydrogens (tertiary/aromatic N) is 1. The van der Waals surface area contributed by atoms with Gasteiger partial charge in [-0.05, 0) is 56.2 Å². The molecule has 162 valence electrons. The highest BCUT2D eigenvalue weighted by Gasteiger charge is 2.33. The number of nitrogens with one attached hydrogen (secondary N) is 1. The van der Waals surface area contributed by atoms with E-state index < -0.39 is 0 Å². The fourth-order valence-electron chi connectivity index (χ4n) is 3.01. The normalized spacial score (nSPS) is 15.0. The number of hydrogen-bond donors (Lipinski definition) is 1. The van der Waals surface area contributed by atoms with E-state index in [4.69, 9.17) is 21.7 Å². The van der Waals surface area contributed by atoms with Crippen LogP contribution in [0.25, 0.3) is 6.08 Å². The number of rotatable bonds is 7. The summed E-state index contributed by atoms with van der Waals surface area (Å²) in [4.78, 5) is 27.0. The van der Waals surface area contributed by atoms with Gasteiger partial charge in [0.25, 0.3) is 11.8 Å². The number of para-hydroxylation sites is 1. The topological polar surface area (TPSA) is 67.9 Å². The van der Waals surface area contributed by atoms with Gasteiger partial charge in [-0.1, -0.05) is 48.2 Å². The lowest BCUT2D eigenvalue weighted by Gasteiger charge is -2.18. The van der Waals surface area contributed by atoms with Gasteiger partial charge in [0.05, 0.1) is 12.0 Å². The van der Waals surface area contributed by atoms with Crippen molar-refractivity contribution >= 4 is 51.9 Å². The third-order valence-corrected chi connectivity index (χ3v) is 5.93. The van der Waals surface area contributed by atoms with Crippen molar-refractivity contribution in [1.29, 1.82) is 0 Å². The van der Waals surface area contributed by atoms with Gasteiger partial charge in [-0.2, -0.15) is 0 Å². The van der Waals surface area contributed by atoms with Crippen molar-refractivity contribution < 1.29 is 19.1 Å². The Labute approximate surface area is 191 Å². The van der Waals surface area contributed by atoms with Crippen LogP contribution in [0.3, 0.4) is 0 Å². The van der Waals surface area contributed by atoms with Crippen LogP contribution in [-0.2, 0) is 9.59 Å². The van der Waals surface area contributed by atoms with E-state index in [0.717, 1.165) is 16.8 Å². The van der Waals surface area contributed by atoms with E-state index in [0.29, 0.717) is 20.7 Å². The van der Waals surface area contributed by atoms with E-state index in [2.05, 4.69) is 5.32 Å². The first kappa shape index (κ1) is 22.8. The molecule has 1 aliphatic rings. The van der Waals surface area contributed by atoms with Gasteiger partial charge in [0.15, 0.2) is 18.1 Å². The summed E-state index contributed by atoms with van der Waals surface area (Å²) in [5.41, 5.74) is 2.50. The van der Waals surface area contributed by atoms with Crippen molar-refractivity contribution in [2.45, 2.75) is 26.8 Å². The van der Waals surface area contributed by atoms with Crippen molar-refractivity contribution in [3.8, 4) is 11.5 Å². The third kappa shape index (κ3) is 5.45. The number of carbonyl (C=O) groups is 2. The van der Waals surface area contributed by atoms with Crippen LogP contribution in [0.15, 0.2) is 47.4 Å². The lowest BCUT2D eigenvalue weighted by molar-refractivity contribution is -0.123. The molecule has 1 aliphatic heterocycles. The Bertz CT molecular complexity index is 1050. The maximum absolute atomic E-state index is 12.6. The predicted molar refractivity (Wildman–Crippen MR) is 128 cm³/mol. The van der Waals surface area contributed by atoms with Crippen LogP contribution in [0.5, 0.6) is 11.5 Å². The minimum atomic E-state index is -0.266. The van der Waals surface area contributed by atoms with E-state index in [9.17, 15) is 9.59 Å². The van der Waals surface area contributed by atoms with Gasteiger partial charge in [0.1, 0.15) is 4.32 Å². The van der Waals surface area contributed by atoms with Crippen LogP contribution >= 0.6 is 24.0 Å². The zero-order valence-corrected chi connectivity index (χ0v) is 19.4. The summed E-state index contributed by atoms with van der Waals surface area (Å²) in [6, 6.07) is 12.8. The Morgan fingerprint density at radius 1 is 1.23 bits per heavy atom. The molecule has 2 aromatic rings. The second kappa shape index (κ2) is 9.98. The average Bonchev–Trinajstić information content (AvgIpc) is 3.01. The molecule has 1 fully saturated rings. The Balaban J connectivity index is 1.69. The van der Waals surface area contributed by atoms with E-state index in [1.807, 2.05) is 45.0 Å². The van der Waals surface area contributed by atoms with Crippen LogP contribution in [0.4, 0.5) is 5.69 Å². The van der Waals surface area contributed by atoms with Crippen molar-refractivity contribution in [2.75, 3.05) is 19.0 Å². The summed E-state index contributed by atoms with van der Waals surface area (Å²) in [5.74, 6) is 0.543. The molecule has 1 saturated heterocycles. The number of thioether (sulfide) groups is 1. The summed E-state index contributed by atoms with van der Waals surface area (Å²) >= 11 is 6.60. The van der Waals surface area contributed by atoms with Gasteiger partial charge in [-0.3, -0.25) is 14.5 Å². The van der Waals surface area contributed by atoms with Crippen LogP contribution in [-0.4, -0.2) is 40.8 Å². The molecular formula is C23H24N2O4S2. The molecule has 6 nitrogen and oxygen atoms in total. The fraction of sp³-hybridized carbons (Fsp3) is 0.261. The van der Waals surface area contributed by atoms with Gasteiger partial charge >= 0.3 is 0 Å². The van der Waals surface area contributed by atoms with Crippen LogP contribution in [0, 0.1) is 6.92 Å². The maximum Gasteiger partial charge on any atom is 0.266 e. The number of ether oxygens (including phenoxy) is 2. The molecule has 0 atom stereocenters. The molecule has 0 radical (unpaired) electrons. The smallest absolute Gasteiger partial charge is 0.266 e. The maximum atomic E-state index is 12.6. The largest absolute Gasteiger partial charge is 0.493 e. The van der Waals surface area contributed by atoms with Crippen molar-refractivity contribution in [2.24, 2.45) is 0 Å². The summed E-state index contributed by atoms with van der Waals surface area (Å²) in [7, 11) is 1.53. The quantitative estimate of drug-likeness (QED) is 0.484. The summed E-state index contributed by atoms with van der Waals surface area (Å²) in [6.07, 6.45) is 1.78. The molecule has 2 aromatic carbocycles. The van der Waals surface area contributed by atoms with E-state index in [1.54, 1.807) is 29.2 Å². The molecule has 0 saturated carbocycles. The molecule has 0 unspecified atom stereocenters. The molecule has 0 spiro atoms. The Hall–Kier alpha value is -2.84. The molecule has 1 N–H and O–H groups in total. The summed E-state index contributed by atoms with van der Waals surface area (Å²) < 4.78 is 11.6. The Morgan fingerprint density at radius 2 is 1.97 bits per heavy atom. The number of carbonyl (C=O) groups excluding carboxylic acids is 2. The molecule has 3 rings (SSSR count). The van der Waals surface area contributed by atoms with Crippen LogP contribution in [0.1, 0.15) is 25.0 Å². The minimum Gasteiger partial charge on any atom is -0.493 e. The zero-order chi connectivity index (χ0) is 22.5. The second-order valence-corrected chi connectivity index (χ2v) is 8.88. The molecule has 1 heterocycles. The highest BCUT2D eigenvalue weighted by atomic mass is 32.2. The summed E-state index contributed by atoms with van der Waals surface area (Å²) in [5, 5.41) is 2.83. The first-order valence-corrected chi connectivity index (χ1v) is 11.0. The monoisotopic (exact) mass is 456 g/mol. The van der Waals surface area contributed by atoms with Gasteiger partial charge < -0.3 is 14.8 Å². The van der Waals surface area contributed by atoms with E-state index in [-0.39, 0.29) is 24.5 Å². The molecule has 31 heavy (non-hydrogen) atoms. The zero-order valence-electron chi connectivity index (χ0n) is 17.8. The molecule has 2 amide bonds. The van der Waals surface area contributed by atoms with E-state index >= 15 is 0 Å². The number of thiocarbonyl (C=S) groups is 1. The molecule has 0 aromatic heterocycles. The number of benzene rings is 2. The van der Waals surface area contributed by atoms with Crippen molar-refractivity contribution in [3.05, 3.63) is 58.5 Å². The van der Waals surface area contributed by atoms with Gasteiger partial charge in [0.2, 0.25) is 0 Å². The van der Waals surface area contributed by atoms with Crippen LogP contribution in [0.2, 0.25) is 0 Å². The highest BCUT2D eigenvalue weighted by Crippen LogP contribution is 2.35. The Morgan fingerprint density at radius 3 is 2.61 bits per heavy atom. The second-order valence-electron chi connectivity index (χ2n) is 7.21. The third-order valence-electron chi connectivity index (χ3n) is 4.60. The fourth-order valence-corrected chi connectivity index (χ4v) is 4.54. The lowest BCUT2D eigenvalue weighted by Crippen LogP contribution is -2.34. The highest BCUT2D eigenvalue weighted by molar-refractivity contribution is 8.26. The molecule has 8 heteroatoms. The Kier molecular flexibility index (Phi) is 7.35. The first-order chi connectivity index (χ1) is 14.8. The van der Waals surface area contributed by atoms with Gasteiger partial charge in [-0.15, -0.1) is 0 Å². The van der Waals surface area contributed by atoms with Crippen LogP contribution < -0.4 is 14.8 Å². The number of aryl methyl sites for hydroxylation is 1. The van der Waals surface area contributed by atoms with Crippen molar-refractivity contribution in [3.63, 3.8) is 0 Å². The number of methoxy groups -OCH3 is 1. The lowest BCUT2D eigenvalue weighted by atomic mass is 10.1. The molecule has 0 bridgehead atoms. The predicted octanol–water partition coefficient (Wildman–Crippen LogP) is 4.63. The minimum absolute atomic E-state index is 0.00883. The van der Waals surface area contributed by atoms with Gasteiger partial charge in [0, 0.05) is 11.7 Å². The number of hydrogen-bond acceptors (Lipinski definition) is 6. The van der Waals surface area contributed by atoms with Gasteiger partial charge in [-0.25, -0.2) is 0 Å².